The van der Waals surface area contributed by atoms with E-state index in [9.17, 15) is 5.11 Å². The van der Waals surface area contributed by atoms with Crippen molar-refractivity contribution in [2.45, 2.75) is 25.9 Å². The van der Waals surface area contributed by atoms with Crippen molar-refractivity contribution in [2.24, 2.45) is 5.73 Å². The summed E-state index contributed by atoms with van der Waals surface area (Å²) in [7, 11) is 0. The SMILES string of the molecule is CCCc1cccc(C(O)CN)c1. The summed E-state index contributed by atoms with van der Waals surface area (Å²) in [6.07, 6.45) is 1.67. The molecule has 0 radical (unpaired) electrons. The van der Waals surface area contributed by atoms with Gasteiger partial charge in [-0.15, -0.1) is 0 Å². The van der Waals surface area contributed by atoms with Gasteiger partial charge in [-0.3, -0.25) is 0 Å². The first kappa shape index (κ1) is 10.2. The average Bonchev–Trinajstić information content (AvgIpc) is 2.18. The predicted octanol–water partition coefficient (Wildman–Crippen LogP) is 1.63. The summed E-state index contributed by atoms with van der Waals surface area (Å²) < 4.78 is 0. The third-order valence-corrected chi connectivity index (χ3v) is 2.10. The monoisotopic (exact) mass is 179 g/mol. The molecule has 0 heterocycles. The van der Waals surface area contributed by atoms with Crippen LogP contribution in [0, 0.1) is 0 Å². The van der Waals surface area contributed by atoms with E-state index in [0.29, 0.717) is 0 Å². The van der Waals surface area contributed by atoms with Crippen molar-refractivity contribution >= 4 is 0 Å². The van der Waals surface area contributed by atoms with Gasteiger partial charge in [-0.1, -0.05) is 37.6 Å². The number of aliphatic hydroxyl groups excluding tert-OH is 1. The minimum atomic E-state index is -0.517. The molecular weight excluding hydrogens is 162 g/mol. The molecule has 0 aliphatic rings. The standard InChI is InChI=1S/C11H17NO/c1-2-4-9-5-3-6-10(7-9)11(13)8-12/h3,5-7,11,13H,2,4,8,12H2,1H3. The maximum Gasteiger partial charge on any atom is 0.0912 e. The molecular formula is C11H17NO. The van der Waals surface area contributed by atoms with E-state index in [1.54, 1.807) is 0 Å². The lowest BCUT2D eigenvalue weighted by Gasteiger charge is -2.09. The molecule has 0 spiro atoms. The van der Waals surface area contributed by atoms with Crippen molar-refractivity contribution in [3.63, 3.8) is 0 Å². The molecule has 1 aromatic carbocycles. The van der Waals surface area contributed by atoms with E-state index < -0.39 is 6.10 Å². The Kier molecular flexibility index (Phi) is 3.93. The van der Waals surface area contributed by atoms with Crippen molar-refractivity contribution in [2.75, 3.05) is 6.54 Å². The van der Waals surface area contributed by atoms with E-state index in [1.165, 1.54) is 5.56 Å². The minimum Gasteiger partial charge on any atom is -0.387 e. The lowest BCUT2D eigenvalue weighted by Crippen LogP contribution is -2.11. The van der Waals surface area contributed by atoms with E-state index in [-0.39, 0.29) is 6.54 Å². The first-order chi connectivity index (χ1) is 6.27. The molecule has 0 fully saturated rings. The van der Waals surface area contributed by atoms with Gasteiger partial charge in [0.05, 0.1) is 6.10 Å². The fourth-order valence-corrected chi connectivity index (χ4v) is 1.38. The first-order valence-electron chi connectivity index (χ1n) is 4.75. The van der Waals surface area contributed by atoms with Gasteiger partial charge in [0.25, 0.3) is 0 Å². The Labute approximate surface area is 79.4 Å². The highest BCUT2D eigenvalue weighted by molar-refractivity contribution is 5.25. The van der Waals surface area contributed by atoms with Crippen LogP contribution in [0.15, 0.2) is 24.3 Å². The van der Waals surface area contributed by atoms with Gasteiger partial charge < -0.3 is 10.8 Å². The summed E-state index contributed by atoms with van der Waals surface area (Å²) in [6, 6.07) is 7.99. The lowest BCUT2D eigenvalue weighted by atomic mass is 10.0. The summed E-state index contributed by atoms with van der Waals surface area (Å²) in [6.45, 7) is 2.43. The molecule has 1 unspecified atom stereocenters. The molecule has 0 saturated carbocycles. The van der Waals surface area contributed by atoms with Crippen LogP contribution in [0.2, 0.25) is 0 Å². The molecule has 0 saturated heterocycles. The van der Waals surface area contributed by atoms with Crippen LogP contribution in [0.3, 0.4) is 0 Å². The number of benzene rings is 1. The maximum absolute atomic E-state index is 9.50. The fourth-order valence-electron chi connectivity index (χ4n) is 1.38. The van der Waals surface area contributed by atoms with Crippen LogP contribution in [0.25, 0.3) is 0 Å². The third kappa shape index (κ3) is 2.83. The zero-order valence-electron chi connectivity index (χ0n) is 8.03. The van der Waals surface area contributed by atoms with Crippen molar-refractivity contribution in [1.29, 1.82) is 0 Å². The highest BCUT2D eigenvalue weighted by Crippen LogP contribution is 2.14. The molecule has 1 atom stereocenters. The number of aryl methyl sites for hydroxylation is 1. The van der Waals surface area contributed by atoms with Gasteiger partial charge in [-0.2, -0.15) is 0 Å². The summed E-state index contributed by atoms with van der Waals surface area (Å²) in [5, 5.41) is 9.50. The van der Waals surface area contributed by atoms with Gasteiger partial charge in [0.15, 0.2) is 0 Å². The van der Waals surface area contributed by atoms with Crippen LogP contribution in [0.1, 0.15) is 30.6 Å². The van der Waals surface area contributed by atoms with Crippen LogP contribution in [0.4, 0.5) is 0 Å². The van der Waals surface area contributed by atoms with Crippen LogP contribution in [-0.4, -0.2) is 11.7 Å². The second-order valence-electron chi connectivity index (χ2n) is 3.25. The topological polar surface area (TPSA) is 46.2 Å². The van der Waals surface area contributed by atoms with Crippen LogP contribution in [0.5, 0.6) is 0 Å². The summed E-state index contributed by atoms with van der Waals surface area (Å²) in [5.41, 5.74) is 7.57. The van der Waals surface area contributed by atoms with Crippen LogP contribution < -0.4 is 5.73 Å². The van der Waals surface area contributed by atoms with Crippen molar-refractivity contribution in [3.8, 4) is 0 Å². The smallest absolute Gasteiger partial charge is 0.0912 e. The number of aliphatic hydroxyl groups is 1. The third-order valence-electron chi connectivity index (χ3n) is 2.10. The van der Waals surface area contributed by atoms with Crippen molar-refractivity contribution in [1.82, 2.24) is 0 Å². The summed E-state index contributed by atoms with van der Waals surface area (Å²) in [5.74, 6) is 0. The van der Waals surface area contributed by atoms with Crippen LogP contribution in [-0.2, 0) is 6.42 Å². The van der Waals surface area contributed by atoms with E-state index in [2.05, 4.69) is 13.0 Å². The number of rotatable bonds is 4. The second-order valence-corrected chi connectivity index (χ2v) is 3.25. The Morgan fingerprint density at radius 1 is 1.46 bits per heavy atom. The van der Waals surface area contributed by atoms with Gasteiger partial charge in [-0.25, -0.2) is 0 Å². The second kappa shape index (κ2) is 5.00. The average molecular weight is 179 g/mol. The predicted molar refractivity (Wildman–Crippen MR) is 54.5 cm³/mol. The minimum absolute atomic E-state index is 0.287. The fraction of sp³-hybridized carbons (Fsp3) is 0.455. The molecule has 1 aromatic rings. The molecule has 0 aliphatic heterocycles. The normalized spacial score (nSPS) is 12.8. The molecule has 1 rings (SSSR count). The van der Waals surface area contributed by atoms with Gasteiger partial charge in [0, 0.05) is 6.54 Å². The summed E-state index contributed by atoms with van der Waals surface area (Å²) >= 11 is 0. The Morgan fingerprint density at radius 2 is 2.23 bits per heavy atom. The first-order valence-corrected chi connectivity index (χ1v) is 4.75. The molecule has 2 nitrogen and oxygen atoms in total. The van der Waals surface area contributed by atoms with Gasteiger partial charge in [0.1, 0.15) is 0 Å². The highest BCUT2D eigenvalue weighted by Gasteiger charge is 2.04. The number of nitrogens with two attached hydrogens (primary N) is 1. The zero-order valence-corrected chi connectivity index (χ0v) is 8.03. The Hall–Kier alpha value is -0.860. The van der Waals surface area contributed by atoms with Crippen LogP contribution >= 0.6 is 0 Å². The quantitative estimate of drug-likeness (QED) is 0.738. The molecule has 72 valence electrons. The molecule has 13 heavy (non-hydrogen) atoms. The molecule has 0 bridgehead atoms. The van der Waals surface area contributed by atoms with Crippen molar-refractivity contribution in [3.05, 3.63) is 35.4 Å². The maximum atomic E-state index is 9.50. The van der Waals surface area contributed by atoms with E-state index in [4.69, 9.17) is 5.73 Å². The van der Waals surface area contributed by atoms with Crippen molar-refractivity contribution < 1.29 is 5.11 Å². The Bertz CT molecular complexity index is 260. The number of hydrogen-bond donors (Lipinski definition) is 2. The number of hydrogen-bond acceptors (Lipinski definition) is 2. The highest BCUT2D eigenvalue weighted by atomic mass is 16.3. The molecule has 0 aliphatic carbocycles. The summed E-state index contributed by atoms with van der Waals surface area (Å²) in [4.78, 5) is 0. The molecule has 0 aromatic heterocycles. The Morgan fingerprint density at radius 3 is 2.85 bits per heavy atom. The van der Waals surface area contributed by atoms with E-state index in [0.717, 1.165) is 18.4 Å². The molecule has 2 heteroatoms. The molecule has 3 N–H and O–H groups in total. The molecule has 0 amide bonds. The van der Waals surface area contributed by atoms with Gasteiger partial charge in [0.2, 0.25) is 0 Å². The lowest BCUT2D eigenvalue weighted by molar-refractivity contribution is 0.186. The van der Waals surface area contributed by atoms with Gasteiger partial charge in [-0.05, 0) is 17.5 Å². The van der Waals surface area contributed by atoms with E-state index >= 15 is 0 Å². The zero-order chi connectivity index (χ0) is 9.68. The van der Waals surface area contributed by atoms with E-state index in [1.807, 2.05) is 18.2 Å². The Balaban J connectivity index is 2.78. The largest absolute Gasteiger partial charge is 0.387 e. The van der Waals surface area contributed by atoms with Gasteiger partial charge >= 0.3 is 0 Å².